The fourth-order valence-corrected chi connectivity index (χ4v) is 9.37. The Bertz CT molecular complexity index is 3060. The lowest BCUT2D eigenvalue weighted by atomic mass is 9.98. The van der Waals surface area contributed by atoms with Crippen molar-refractivity contribution in [2.75, 3.05) is 0 Å². The van der Waals surface area contributed by atoms with Crippen molar-refractivity contribution < 1.29 is 0 Å². The van der Waals surface area contributed by atoms with E-state index in [1.165, 1.54) is 86.0 Å². The van der Waals surface area contributed by atoms with Gasteiger partial charge >= 0.3 is 0 Å². The van der Waals surface area contributed by atoms with E-state index in [9.17, 15) is 0 Å². The molecule has 0 amide bonds. The van der Waals surface area contributed by atoms with Gasteiger partial charge in [0.2, 0.25) is 0 Å². The minimum Gasteiger partial charge on any atom is -0.309 e. The van der Waals surface area contributed by atoms with Crippen LogP contribution in [0.5, 0.6) is 0 Å². The standard InChI is InChI=1S/C45H27N3S/c1-5-15-37-30(11-1)31-12-2-6-16-38(31)48(37)42-23-21-34-33-14-4-8-19-43(33)49-45(34)44(42)29-20-22-41-35(26-29)32-13-3-7-17-39(32)47(41)40-18-9-10-28-24-25-46-27-36(28)40/h1-27H. The summed E-state index contributed by atoms with van der Waals surface area (Å²) in [5.74, 6) is 0. The Morgan fingerprint density at radius 3 is 1.82 bits per heavy atom. The Hall–Kier alpha value is -6.23. The lowest BCUT2D eigenvalue weighted by Gasteiger charge is -2.16. The summed E-state index contributed by atoms with van der Waals surface area (Å²) in [7, 11) is 0. The monoisotopic (exact) mass is 641 g/mol. The van der Waals surface area contributed by atoms with Crippen molar-refractivity contribution in [1.29, 1.82) is 0 Å². The average Bonchev–Trinajstić information content (AvgIpc) is 3.82. The lowest BCUT2D eigenvalue weighted by Crippen LogP contribution is -1.98. The maximum atomic E-state index is 4.51. The maximum Gasteiger partial charge on any atom is 0.0556 e. The van der Waals surface area contributed by atoms with E-state index in [-0.39, 0.29) is 0 Å². The van der Waals surface area contributed by atoms with Crippen LogP contribution in [-0.2, 0) is 0 Å². The van der Waals surface area contributed by atoms with Gasteiger partial charge < -0.3 is 9.13 Å². The molecule has 4 heterocycles. The van der Waals surface area contributed by atoms with Crippen molar-refractivity contribution in [2.45, 2.75) is 0 Å². The molecule has 7 aromatic carbocycles. The summed E-state index contributed by atoms with van der Waals surface area (Å²) in [6.45, 7) is 0. The molecule has 0 unspecified atom stereocenters. The van der Waals surface area contributed by atoms with Crippen LogP contribution in [0, 0.1) is 0 Å². The third-order valence-corrected chi connectivity index (χ3v) is 11.4. The van der Waals surface area contributed by atoms with Gasteiger partial charge in [0.05, 0.1) is 33.4 Å². The molecule has 0 radical (unpaired) electrons. The number of fused-ring (bicyclic) bond motifs is 10. The predicted molar refractivity (Wildman–Crippen MR) is 209 cm³/mol. The van der Waals surface area contributed by atoms with E-state index in [1.807, 2.05) is 23.7 Å². The number of aromatic nitrogens is 3. The number of rotatable bonds is 3. The second-order valence-corrected chi connectivity index (χ2v) is 13.8. The SMILES string of the molecule is c1cc(-n2c3ccccc3c3cc(-c4c(-n5c6ccccc6c6ccccc65)ccc5c4sc4ccccc45)ccc32)c2cnccc2c1. The van der Waals surface area contributed by atoms with Crippen LogP contribution in [0.25, 0.3) is 97.1 Å². The summed E-state index contributed by atoms with van der Waals surface area (Å²) in [6.07, 6.45) is 3.85. The van der Waals surface area contributed by atoms with Gasteiger partial charge in [-0.3, -0.25) is 4.98 Å². The van der Waals surface area contributed by atoms with Crippen molar-refractivity contribution in [1.82, 2.24) is 14.1 Å². The molecule has 4 heteroatoms. The van der Waals surface area contributed by atoms with Gasteiger partial charge in [-0.15, -0.1) is 11.3 Å². The molecule has 0 aliphatic carbocycles. The number of hydrogen-bond donors (Lipinski definition) is 0. The molecule has 0 aliphatic heterocycles. The summed E-state index contributed by atoms with van der Waals surface area (Å²) in [6, 6.07) is 55.5. The van der Waals surface area contributed by atoms with Gasteiger partial charge in [-0.1, -0.05) is 97.1 Å². The molecule has 0 saturated carbocycles. The van der Waals surface area contributed by atoms with E-state index < -0.39 is 0 Å². The van der Waals surface area contributed by atoms with Crippen LogP contribution < -0.4 is 0 Å². The fourth-order valence-electron chi connectivity index (χ4n) is 8.11. The van der Waals surface area contributed by atoms with Gasteiger partial charge in [0.1, 0.15) is 0 Å². The molecule has 0 N–H and O–H groups in total. The minimum atomic E-state index is 1.14. The summed E-state index contributed by atoms with van der Waals surface area (Å²) in [5, 5.41) is 9.93. The van der Waals surface area contributed by atoms with E-state index in [0.29, 0.717) is 0 Å². The zero-order valence-electron chi connectivity index (χ0n) is 26.3. The van der Waals surface area contributed by atoms with Gasteiger partial charge in [0.15, 0.2) is 0 Å². The first-order valence-corrected chi connectivity index (χ1v) is 17.4. The zero-order chi connectivity index (χ0) is 32.1. The van der Waals surface area contributed by atoms with Crippen LogP contribution in [0.3, 0.4) is 0 Å². The molecule has 0 atom stereocenters. The Labute approximate surface area is 285 Å². The molecule has 11 aromatic rings. The molecule has 0 spiro atoms. The van der Waals surface area contributed by atoms with Gasteiger partial charge in [-0.25, -0.2) is 0 Å². The topological polar surface area (TPSA) is 22.8 Å². The molecule has 0 fully saturated rings. The maximum absolute atomic E-state index is 4.51. The normalized spacial score (nSPS) is 12.1. The first kappa shape index (κ1) is 26.8. The number of thiophene rings is 1. The van der Waals surface area contributed by atoms with Crippen LogP contribution in [0.1, 0.15) is 0 Å². The molecule has 0 aliphatic rings. The number of hydrogen-bond acceptors (Lipinski definition) is 2. The van der Waals surface area contributed by atoms with Crippen molar-refractivity contribution in [3.63, 3.8) is 0 Å². The van der Waals surface area contributed by atoms with Crippen molar-refractivity contribution in [3.8, 4) is 22.5 Å². The van der Waals surface area contributed by atoms with E-state index in [4.69, 9.17) is 0 Å². The first-order chi connectivity index (χ1) is 24.3. The van der Waals surface area contributed by atoms with E-state index in [2.05, 4.69) is 166 Å². The zero-order valence-corrected chi connectivity index (χ0v) is 27.2. The van der Waals surface area contributed by atoms with Crippen molar-refractivity contribution >= 4 is 85.9 Å². The van der Waals surface area contributed by atoms with Gasteiger partial charge in [0, 0.05) is 65.1 Å². The molecule has 11 rings (SSSR count). The highest BCUT2D eigenvalue weighted by atomic mass is 32.1. The third-order valence-electron chi connectivity index (χ3n) is 10.2. The minimum absolute atomic E-state index is 1.14. The fraction of sp³-hybridized carbons (Fsp3) is 0. The van der Waals surface area contributed by atoms with Gasteiger partial charge in [-0.2, -0.15) is 0 Å². The van der Waals surface area contributed by atoms with Crippen LogP contribution in [0.15, 0.2) is 164 Å². The molecule has 4 aromatic heterocycles. The molecule has 49 heavy (non-hydrogen) atoms. The largest absolute Gasteiger partial charge is 0.309 e. The number of nitrogens with zero attached hydrogens (tertiary/aromatic N) is 3. The smallest absolute Gasteiger partial charge is 0.0556 e. The average molecular weight is 642 g/mol. The summed E-state index contributed by atoms with van der Waals surface area (Å²) < 4.78 is 7.50. The summed E-state index contributed by atoms with van der Waals surface area (Å²) in [4.78, 5) is 4.51. The molecular formula is C45H27N3S. The van der Waals surface area contributed by atoms with Gasteiger partial charge in [0.25, 0.3) is 0 Å². The molecular weight excluding hydrogens is 615 g/mol. The van der Waals surface area contributed by atoms with Crippen LogP contribution in [-0.4, -0.2) is 14.1 Å². The lowest BCUT2D eigenvalue weighted by molar-refractivity contribution is 1.19. The second kappa shape index (κ2) is 10.1. The second-order valence-electron chi connectivity index (χ2n) is 12.8. The van der Waals surface area contributed by atoms with Crippen LogP contribution in [0.2, 0.25) is 0 Å². The van der Waals surface area contributed by atoms with Crippen LogP contribution >= 0.6 is 11.3 Å². The molecule has 3 nitrogen and oxygen atoms in total. The summed E-state index contributed by atoms with van der Waals surface area (Å²) in [5.41, 5.74) is 9.61. The van der Waals surface area contributed by atoms with E-state index >= 15 is 0 Å². The van der Waals surface area contributed by atoms with E-state index in [0.717, 1.165) is 11.1 Å². The summed E-state index contributed by atoms with van der Waals surface area (Å²) >= 11 is 1.89. The molecule has 0 saturated heterocycles. The highest BCUT2D eigenvalue weighted by molar-refractivity contribution is 7.26. The Morgan fingerprint density at radius 2 is 1.06 bits per heavy atom. The number of para-hydroxylation sites is 3. The Balaban J connectivity index is 1.27. The predicted octanol–water partition coefficient (Wildman–Crippen LogP) is 12.5. The van der Waals surface area contributed by atoms with Gasteiger partial charge in [-0.05, 0) is 65.5 Å². The number of pyridine rings is 1. The highest BCUT2D eigenvalue weighted by Crippen LogP contribution is 2.46. The quantitative estimate of drug-likeness (QED) is 0.188. The van der Waals surface area contributed by atoms with E-state index in [1.54, 1.807) is 0 Å². The highest BCUT2D eigenvalue weighted by Gasteiger charge is 2.21. The Kier molecular flexibility index (Phi) is 5.54. The number of benzene rings is 7. The van der Waals surface area contributed by atoms with Crippen molar-refractivity contribution in [3.05, 3.63) is 164 Å². The van der Waals surface area contributed by atoms with Crippen molar-refractivity contribution in [2.24, 2.45) is 0 Å². The third kappa shape index (κ3) is 3.75. The molecule has 228 valence electrons. The Morgan fingerprint density at radius 1 is 0.429 bits per heavy atom. The van der Waals surface area contributed by atoms with Crippen LogP contribution in [0.4, 0.5) is 0 Å². The first-order valence-electron chi connectivity index (χ1n) is 16.6. The molecule has 0 bridgehead atoms.